The molecule has 0 radical (unpaired) electrons. The Bertz CT molecular complexity index is 375. The van der Waals surface area contributed by atoms with Crippen LogP contribution in [0.5, 0.6) is 0 Å². The lowest BCUT2D eigenvalue weighted by atomic mass is 9.80. The van der Waals surface area contributed by atoms with Gasteiger partial charge in [0.05, 0.1) is 5.69 Å². The zero-order valence-corrected chi connectivity index (χ0v) is 13.2. The van der Waals surface area contributed by atoms with Gasteiger partial charge in [-0.05, 0) is 36.1 Å². The van der Waals surface area contributed by atoms with Crippen LogP contribution in [0.15, 0.2) is 24.3 Å². The zero-order valence-electron chi connectivity index (χ0n) is 12.3. The van der Waals surface area contributed by atoms with Crippen LogP contribution in [0.3, 0.4) is 0 Å². The van der Waals surface area contributed by atoms with E-state index in [4.69, 9.17) is 0 Å². The number of para-hydroxylation sites is 1. The summed E-state index contributed by atoms with van der Waals surface area (Å²) in [6, 6.07) is 6.98. The van der Waals surface area contributed by atoms with Crippen molar-refractivity contribution in [2.24, 2.45) is 5.41 Å². The predicted molar refractivity (Wildman–Crippen MR) is 85.8 cm³/mol. The number of thiol groups is 1. The van der Waals surface area contributed by atoms with Crippen molar-refractivity contribution in [2.75, 3.05) is 24.2 Å². The third-order valence-corrected chi connectivity index (χ3v) is 4.40. The van der Waals surface area contributed by atoms with Crippen LogP contribution >= 0.6 is 12.6 Å². The average Bonchev–Trinajstić information content (AvgIpc) is 2.39. The molecule has 0 spiro atoms. The van der Waals surface area contributed by atoms with Gasteiger partial charge in [0.1, 0.15) is 5.82 Å². The maximum Gasteiger partial charge on any atom is 0.146 e. The first-order chi connectivity index (χ1) is 9.08. The number of halogens is 1. The molecule has 0 aliphatic heterocycles. The van der Waals surface area contributed by atoms with E-state index in [-0.39, 0.29) is 11.2 Å². The first kappa shape index (κ1) is 16.4. The van der Waals surface area contributed by atoms with Gasteiger partial charge in [0.2, 0.25) is 0 Å². The summed E-state index contributed by atoms with van der Waals surface area (Å²) < 4.78 is 13.8. The Morgan fingerprint density at radius 1 is 1.16 bits per heavy atom. The SMILES string of the molecule is CCCC(CS)(CCC)CN(C)c1ccccc1F. The largest absolute Gasteiger partial charge is 0.372 e. The lowest BCUT2D eigenvalue weighted by Gasteiger charge is -2.37. The molecule has 19 heavy (non-hydrogen) atoms. The molecule has 0 bridgehead atoms. The van der Waals surface area contributed by atoms with E-state index in [0.717, 1.165) is 38.0 Å². The summed E-state index contributed by atoms with van der Waals surface area (Å²) in [4.78, 5) is 2.04. The highest BCUT2D eigenvalue weighted by Gasteiger charge is 2.29. The first-order valence-corrected chi connectivity index (χ1v) is 7.78. The molecule has 0 unspecified atom stereocenters. The van der Waals surface area contributed by atoms with Crippen LogP contribution in [0.4, 0.5) is 10.1 Å². The number of rotatable bonds is 8. The highest BCUT2D eigenvalue weighted by Crippen LogP contribution is 2.33. The second-order valence-corrected chi connectivity index (χ2v) is 5.78. The molecule has 1 aromatic rings. The highest BCUT2D eigenvalue weighted by molar-refractivity contribution is 7.80. The van der Waals surface area contributed by atoms with E-state index >= 15 is 0 Å². The van der Waals surface area contributed by atoms with E-state index in [1.807, 2.05) is 24.1 Å². The van der Waals surface area contributed by atoms with Crippen LogP contribution in [0, 0.1) is 11.2 Å². The molecule has 0 atom stereocenters. The minimum Gasteiger partial charge on any atom is -0.372 e. The molecule has 0 aliphatic rings. The van der Waals surface area contributed by atoms with Gasteiger partial charge in [-0.3, -0.25) is 0 Å². The van der Waals surface area contributed by atoms with E-state index in [1.54, 1.807) is 6.07 Å². The van der Waals surface area contributed by atoms with Gasteiger partial charge in [-0.1, -0.05) is 38.8 Å². The van der Waals surface area contributed by atoms with Crippen molar-refractivity contribution < 1.29 is 4.39 Å². The Morgan fingerprint density at radius 3 is 2.21 bits per heavy atom. The molecule has 1 nitrogen and oxygen atoms in total. The van der Waals surface area contributed by atoms with Crippen molar-refractivity contribution in [3.8, 4) is 0 Å². The van der Waals surface area contributed by atoms with E-state index in [0.29, 0.717) is 5.69 Å². The maximum absolute atomic E-state index is 13.8. The number of anilines is 1. The quantitative estimate of drug-likeness (QED) is 0.672. The summed E-state index contributed by atoms with van der Waals surface area (Å²) in [6.45, 7) is 5.27. The Labute approximate surface area is 122 Å². The third-order valence-electron chi connectivity index (χ3n) is 3.73. The Morgan fingerprint density at radius 2 is 1.74 bits per heavy atom. The van der Waals surface area contributed by atoms with Crippen molar-refractivity contribution in [3.05, 3.63) is 30.1 Å². The van der Waals surface area contributed by atoms with Crippen LogP contribution < -0.4 is 4.90 Å². The average molecular weight is 283 g/mol. The summed E-state index contributed by atoms with van der Waals surface area (Å²) in [5.41, 5.74) is 0.866. The molecule has 0 fully saturated rings. The number of nitrogens with zero attached hydrogens (tertiary/aromatic N) is 1. The molecule has 0 aromatic heterocycles. The summed E-state index contributed by atoms with van der Waals surface area (Å²) in [5, 5.41) is 0. The molecule has 3 heteroatoms. The van der Waals surface area contributed by atoms with Crippen molar-refractivity contribution in [1.82, 2.24) is 0 Å². The van der Waals surface area contributed by atoms with Gasteiger partial charge in [-0.2, -0.15) is 12.6 Å². The lowest BCUT2D eigenvalue weighted by molar-refractivity contribution is 0.281. The summed E-state index contributed by atoms with van der Waals surface area (Å²) >= 11 is 4.56. The van der Waals surface area contributed by atoms with Crippen molar-refractivity contribution in [3.63, 3.8) is 0 Å². The van der Waals surface area contributed by atoms with Gasteiger partial charge in [0.15, 0.2) is 0 Å². The van der Waals surface area contributed by atoms with Gasteiger partial charge in [0.25, 0.3) is 0 Å². The van der Waals surface area contributed by atoms with E-state index in [2.05, 4.69) is 26.5 Å². The highest BCUT2D eigenvalue weighted by atomic mass is 32.1. The van der Waals surface area contributed by atoms with E-state index < -0.39 is 0 Å². The number of hydrogen-bond acceptors (Lipinski definition) is 2. The van der Waals surface area contributed by atoms with Gasteiger partial charge < -0.3 is 4.90 Å². The summed E-state index contributed by atoms with van der Waals surface area (Å²) in [7, 11) is 1.97. The van der Waals surface area contributed by atoms with Crippen molar-refractivity contribution in [1.29, 1.82) is 0 Å². The standard InChI is InChI=1S/C16H26FNS/c1-4-10-16(13-19,11-5-2)12-18(3)15-9-7-6-8-14(15)17/h6-9,19H,4-5,10-13H2,1-3H3. The molecular formula is C16H26FNS. The fourth-order valence-corrected chi connectivity index (χ4v) is 3.32. The molecule has 0 amide bonds. The van der Waals surface area contributed by atoms with Crippen LogP contribution in [0.25, 0.3) is 0 Å². The molecule has 1 aromatic carbocycles. The van der Waals surface area contributed by atoms with Crippen LogP contribution in [-0.2, 0) is 0 Å². The minimum atomic E-state index is -0.147. The molecule has 0 N–H and O–H groups in total. The normalized spacial score (nSPS) is 11.6. The lowest BCUT2D eigenvalue weighted by Crippen LogP contribution is -2.37. The second-order valence-electron chi connectivity index (χ2n) is 5.47. The molecule has 108 valence electrons. The molecule has 0 saturated carbocycles. The van der Waals surface area contributed by atoms with Gasteiger partial charge in [-0.15, -0.1) is 0 Å². The molecule has 0 heterocycles. The molecule has 0 aliphatic carbocycles. The summed E-state index contributed by atoms with van der Waals surface area (Å²) in [5.74, 6) is 0.707. The molecular weight excluding hydrogens is 257 g/mol. The first-order valence-electron chi connectivity index (χ1n) is 7.15. The maximum atomic E-state index is 13.8. The topological polar surface area (TPSA) is 3.24 Å². The van der Waals surface area contributed by atoms with Gasteiger partial charge in [-0.25, -0.2) is 4.39 Å². The van der Waals surface area contributed by atoms with Crippen LogP contribution in [-0.4, -0.2) is 19.3 Å². The van der Waals surface area contributed by atoms with Crippen molar-refractivity contribution in [2.45, 2.75) is 39.5 Å². The van der Waals surface area contributed by atoms with E-state index in [1.165, 1.54) is 6.07 Å². The fraction of sp³-hybridized carbons (Fsp3) is 0.625. The molecule has 0 saturated heterocycles. The molecule has 1 rings (SSSR count). The Kier molecular flexibility index (Phi) is 6.70. The van der Waals surface area contributed by atoms with Crippen LogP contribution in [0.2, 0.25) is 0 Å². The van der Waals surface area contributed by atoms with Crippen LogP contribution in [0.1, 0.15) is 39.5 Å². The Hall–Kier alpha value is -0.700. The second kappa shape index (κ2) is 7.78. The third kappa shape index (κ3) is 4.41. The predicted octanol–water partition coefficient (Wildman–Crippen LogP) is 4.78. The minimum absolute atomic E-state index is 0.147. The van der Waals surface area contributed by atoms with E-state index in [9.17, 15) is 4.39 Å². The smallest absolute Gasteiger partial charge is 0.146 e. The number of hydrogen-bond donors (Lipinski definition) is 1. The van der Waals surface area contributed by atoms with Crippen molar-refractivity contribution >= 4 is 18.3 Å². The number of benzene rings is 1. The van der Waals surface area contributed by atoms with Gasteiger partial charge in [0, 0.05) is 13.6 Å². The Balaban J connectivity index is 2.86. The fourth-order valence-electron chi connectivity index (χ4n) is 2.90. The zero-order chi connectivity index (χ0) is 14.3. The monoisotopic (exact) mass is 283 g/mol. The summed E-state index contributed by atoms with van der Waals surface area (Å²) in [6.07, 6.45) is 4.57. The van der Waals surface area contributed by atoms with Gasteiger partial charge >= 0.3 is 0 Å².